The van der Waals surface area contributed by atoms with Gasteiger partial charge in [-0.2, -0.15) is 11.8 Å². The predicted octanol–water partition coefficient (Wildman–Crippen LogP) is 2.97. The second-order valence-corrected chi connectivity index (χ2v) is 5.24. The van der Waals surface area contributed by atoms with Gasteiger partial charge in [0.05, 0.1) is 5.75 Å². The molecule has 0 aliphatic heterocycles. The van der Waals surface area contributed by atoms with E-state index in [0.717, 1.165) is 23.5 Å². The van der Waals surface area contributed by atoms with Crippen LogP contribution in [0, 0.1) is 0 Å². The largest absolute Gasteiger partial charge is 0.420 e. The molecule has 6 heteroatoms. The van der Waals surface area contributed by atoms with Crippen LogP contribution in [0.4, 0.5) is 0 Å². The predicted molar refractivity (Wildman–Crippen MR) is 74.6 cm³/mol. The van der Waals surface area contributed by atoms with Gasteiger partial charge in [0.15, 0.2) is 0 Å². The second-order valence-electron chi connectivity index (χ2n) is 3.70. The fourth-order valence-corrected chi connectivity index (χ4v) is 2.30. The Bertz CT molecular complexity index is 486. The van der Waals surface area contributed by atoms with Crippen molar-refractivity contribution in [3.8, 4) is 11.5 Å². The first-order chi connectivity index (χ1) is 8.79. The van der Waals surface area contributed by atoms with E-state index in [9.17, 15) is 0 Å². The summed E-state index contributed by atoms with van der Waals surface area (Å²) in [5, 5.41) is 8.72. The van der Waals surface area contributed by atoms with E-state index in [1.54, 1.807) is 23.9 Å². The van der Waals surface area contributed by atoms with Crippen LogP contribution in [0.15, 0.2) is 28.7 Å². The fourth-order valence-electron chi connectivity index (χ4n) is 1.37. The number of hydrogen-bond acceptors (Lipinski definition) is 5. The van der Waals surface area contributed by atoms with E-state index in [2.05, 4.69) is 10.2 Å². The zero-order valence-electron chi connectivity index (χ0n) is 9.80. The van der Waals surface area contributed by atoms with E-state index in [4.69, 9.17) is 21.8 Å². The van der Waals surface area contributed by atoms with Gasteiger partial charge < -0.3 is 10.2 Å². The number of aromatic nitrogens is 2. The molecule has 0 atom stereocenters. The highest BCUT2D eigenvalue weighted by Crippen LogP contribution is 2.21. The Morgan fingerprint density at radius 1 is 1.22 bits per heavy atom. The second kappa shape index (κ2) is 6.78. The molecule has 0 fully saturated rings. The lowest BCUT2D eigenvalue weighted by Gasteiger charge is -1.96. The van der Waals surface area contributed by atoms with Crippen LogP contribution in [0.3, 0.4) is 0 Å². The van der Waals surface area contributed by atoms with Crippen molar-refractivity contribution in [1.29, 1.82) is 0 Å². The minimum Gasteiger partial charge on any atom is -0.420 e. The first kappa shape index (κ1) is 13.4. The Morgan fingerprint density at radius 3 is 2.72 bits per heavy atom. The van der Waals surface area contributed by atoms with E-state index in [1.807, 2.05) is 12.1 Å². The Morgan fingerprint density at radius 2 is 2.00 bits per heavy atom. The molecule has 2 rings (SSSR count). The van der Waals surface area contributed by atoms with E-state index in [-0.39, 0.29) is 0 Å². The molecule has 0 bridgehead atoms. The third-order valence-corrected chi connectivity index (χ3v) is 3.56. The van der Waals surface area contributed by atoms with Crippen molar-refractivity contribution in [2.45, 2.75) is 12.2 Å². The van der Waals surface area contributed by atoms with Crippen LogP contribution in [0.25, 0.3) is 11.5 Å². The Kier molecular flexibility index (Phi) is 5.04. The number of thioether (sulfide) groups is 1. The number of rotatable bonds is 6. The molecule has 2 aromatic rings. The number of nitrogens with two attached hydrogens (primary N) is 1. The molecule has 1 aromatic carbocycles. The molecule has 0 radical (unpaired) electrons. The molecule has 0 aliphatic rings. The van der Waals surface area contributed by atoms with E-state index in [0.29, 0.717) is 23.3 Å². The molecule has 0 saturated heterocycles. The van der Waals surface area contributed by atoms with E-state index < -0.39 is 0 Å². The molecule has 2 N–H and O–H groups in total. The summed E-state index contributed by atoms with van der Waals surface area (Å²) >= 11 is 7.57. The summed E-state index contributed by atoms with van der Waals surface area (Å²) in [5.41, 5.74) is 6.30. The summed E-state index contributed by atoms with van der Waals surface area (Å²) in [6, 6.07) is 7.33. The first-order valence-corrected chi connectivity index (χ1v) is 7.19. The number of benzene rings is 1. The van der Waals surface area contributed by atoms with Gasteiger partial charge in [-0.3, -0.25) is 0 Å². The normalized spacial score (nSPS) is 10.8. The van der Waals surface area contributed by atoms with Gasteiger partial charge >= 0.3 is 0 Å². The monoisotopic (exact) mass is 283 g/mol. The van der Waals surface area contributed by atoms with Crippen LogP contribution < -0.4 is 5.73 Å². The summed E-state index contributed by atoms with van der Waals surface area (Å²) in [7, 11) is 0. The third-order valence-electron chi connectivity index (χ3n) is 2.28. The maximum absolute atomic E-state index is 5.82. The summed E-state index contributed by atoms with van der Waals surface area (Å²) in [6.07, 6.45) is 1.00. The maximum Gasteiger partial charge on any atom is 0.247 e. The summed E-state index contributed by atoms with van der Waals surface area (Å²) in [5.74, 6) is 2.90. The summed E-state index contributed by atoms with van der Waals surface area (Å²) < 4.78 is 5.57. The molecule has 0 aliphatic carbocycles. The van der Waals surface area contributed by atoms with Crippen LogP contribution >= 0.6 is 23.4 Å². The molecule has 0 spiro atoms. The lowest BCUT2D eigenvalue weighted by molar-refractivity contribution is 0.528. The van der Waals surface area contributed by atoms with Gasteiger partial charge in [-0.15, -0.1) is 10.2 Å². The molecular formula is C12H14ClN3OS. The van der Waals surface area contributed by atoms with Gasteiger partial charge in [0, 0.05) is 10.6 Å². The van der Waals surface area contributed by atoms with Crippen LogP contribution in [-0.4, -0.2) is 22.5 Å². The quantitative estimate of drug-likeness (QED) is 0.826. The first-order valence-electron chi connectivity index (χ1n) is 5.65. The lowest BCUT2D eigenvalue weighted by atomic mass is 10.2. The molecular weight excluding hydrogens is 270 g/mol. The third kappa shape index (κ3) is 3.73. The van der Waals surface area contributed by atoms with Crippen molar-refractivity contribution < 1.29 is 4.42 Å². The smallest absolute Gasteiger partial charge is 0.247 e. The number of halogens is 1. The number of hydrogen-bond donors (Lipinski definition) is 1. The molecule has 1 heterocycles. The Balaban J connectivity index is 1.95. The SMILES string of the molecule is NCCCSCc1nnc(-c2ccc(Cl)cc2)o1. The molecule has 1 aromatic heterocycles. The summed E-state index contributed by atoms with van der Waals surface area (Å²) in [6.45, 7) is 0.715. The lowest BCUT2D eigenvalue weighted by Crippen LogP contribution is -1.99. The highest BCUT2D eigenvalue weighted by molar-refractivity contribution is 7.98. The van der Waals surface area contributed by atoms with Crippen LogP contribution in [-0.2, 0) is 5.75 Å². The van der Waals surface area contributed by atoms with Crippen molar-refractivity contribution in [3.63, 3.8) is 0 Å². The molecule has 18 heavy (non-hydrogen) atoms. The van der Waals surface area contributed by atoms with Crippen LogP contribution in [0.5, 0.6) is 0 Å². The zero-order chi connectivity index (χ0) is 12.8. The highest BCUT2D eigenvalue weighted by atomic mass is 35.5. The topological polar surface area (TPSA) is 64.9 Å². The van der Waals surface area contributed by atoms with Crippen molar-refractivity contribution in [1.82, 2.24) is 10.2 Å². The Hall–Kier alpha value is -1.04. The standard InChI is InChI=1S/C12H14ClN3OS/c13-10-4-2-9(3-5-10)12-16-15-11(17-12)8-18-7-1-6-14/h2-5H,1,6-8,14H2. The van der Waals surface area contributed by atoms with E-state index in [1.165, 1.54) is 0 Å². The van der Waals surface area contributed by atoms with E-state index >= 15 is 0 Å². The fraction of sp³-hybridized carbons (Fsp3) is 0.333. The van der Waals surface area contributed by atoms with Crippen molar-refractivity contribution >= 4 is 23.4 Å². The Labute approximate surface area is 115 Å². The molecule has 0 saturated carbocycles. The van der Waals surface area contributed by atoms with Gasteiger partial charge in [0.2, 0.25) is 11.8 Å². The minimum absolute atomic E-state index is 0.529. The van der Waals surface area contributed by atoms with Crippen molar-refractivity contribution in [2.75, 3.05) is 12.3 Å². The zero-order valence-corrected chi connectivity index (χ0v) is 11.4. The molecule has 0 unspecified atom stereocenters. The minimum atomic E-state index is 0.529. The maximum atomic E-state index is 5.82. The number of nitrogens with zero attached hydrogens (tertiary/aromatic N) is 2. The van der Waals surface area contributed by atoms with Crippen LogP contribution in [0.1, 0.15) is 12.3 Å². The molecule has 4 nitrogen and oxygen atoms in total. The average molecular weight is 284 g/mol. The average Bonchev–Trinajstić information content (AvgIpc) is 2.84. The van der Waals surface area contributed by atoms with Gasteiger partial charge in [0.1, 0.15) is 0 Å². The summed E-state index contributed by atoms with van der Waals surface area (Å²) in [4.78, 5) is 0. The molecule has 96 valence electrons. The van der Waals surface area contributed by atoms with Gasteiger partial charge in [-0.05, 0) is 43.0 Å². The van der Waals surface area contributed by atoms with Crippen LogP contribution in [0.2, 0.25) is 5.02 Å². The highest BCUT2D eigenvalue weighted by Gasteiger charge is 2.08. The van der Waals surface area contributed by atoms with Gasteiger partial charge in [-0.1, -0.05) is 11.6 Å². The van der Waals surface area contributed by atoms with Gasteiger partial charge in [-0.25, -0.2) is 0 Å². The van der Waals surface area contributed by atoms with Gasteiger partial charge in [0.25, 0.3) is 0 Å². The molecule has 0 amide bonds. The van der Waals surface area contributed by atoms with Crippen molar-refractivity contribution in [2.24, 2.45) is 5.73 Å². The van der Waals surface area contributed by atoms with Crippen molar-refractivity contribution in [3.05, 3.63) is 35.2 Å².